The first kappa shape index (κ1) is 22.4. The van der Waals surface area contributed by atoms with E-state index in [4.69, 9.17) is 9.47 Å². The third-order valence-corrected chi connectivity index (χ3v) is 4.13. The monoisotopic (exact) mass is 338 g/mol. The first-order valence-electron chi connectivity index (χ1n) is 9.01. The number of rotatable bonds is 12. The molecule has 0 aromatic heterocycles. The molecular formula is C20H34O4. The molecule has 4 nitrogen and oxygen atoms in total. The van der Waals surface area contributed by atoms with Gasteiger partial charge in [0.1, 0.15) is 0 Å². The lowest BCUT2D eigenvalue weighted by Crippen LogP contribution is -2.47. The van der Waals surface area contributed by atoms with Crippen molar-refractivity contribution in [1.29, 1.82) is 0 Å². The fraction of sp³-hybridized carbons (Fsp3) is 0.700. The summed E-state index contributed by atoms with van der Waals surface area (Å²) in [6.07, 6.45) is 5.83. The summed E-state index contributed by atoms with van der Waals surface area (Å²) in [4.78, 5) is 24.5. The van der Waals surface area contributed by atoms with E-state index in [1.165, 1.54) is 0 Å². The van der Waals surface area contributed by atoms with E-state index in [9.17, 15) is 9.59 Å². The number of carbonyl (C=O) groups excluding carboxylic acids is 2. The van der Waals surface area contributed by atoms with Crippen LogP contribution in [0, 0.1) is 5.92 Å². The van der Waals surface area contributed by atoms with E-state index in [2.05, 4.69) is 27.0 Å². The van der Waals surface area contributed by atoms with E-state index in [1.54, 1.807) is 13.8 Å². The summed E-state index contributed by atoms with van der Waals surface area (Å²) < 4.78 is 11.5. The summed E-state index contributed by atoms with van der Waals surface area (Å²) in [7, 11) is 0. The topological polar surface area (TPSA) is 52.6 Å². The lowest BCUT2D eigenvalue weighted by atomic mass is 9.86. The molecule has 0 amide bonds. The fourth-order valence-corrected chi connectivity index (χ4v) is 2.59. The van der Waals surface area contributed by atoms with Crippen molar-refractivity contribution in [3.05, 3.63) is 24.3 Å². The van der Waals surface area contributed by atoms with Crippen LogP contribution in [-0.2, 0) is 19.1 Å². The number of hydrogen-bond donors (Lipinski definition) is 0. The second-order valence-corrected chi connectivity index (χ2v) is 6.50. The molecule has 0 aliphatic rings. The van der Waals surface area contributed by atoms with Gasteiger partial charge < -0.3 is 9.47 Å². The predicted octanol–water partition coefficient (Wildman–Crippen LogP) is 5.33. The lowest BCUT2D eigenvalue weighted by Gasteiger charge is -2.39. The molecule has 138 valence electrons. The molecule has 0 aliphatic heterocycles. The van der Waals surface area contributed by atoms with Gasteiger partial charge in [-0.2, -0.15) is 0 Å². The Labute approximate surface area is 147 Å². The van der Waals surface area contributed by atoms with Crippen LogP contribution in [-0.4, -0.2) is 17.7 Å². The molecular weight excluding hydrogens is 304 g/mol. The molecule has 4 heteroatoms. The van der Waals surface area contributed by atoms with Crippen LogP contribution in [0.4, 0.5) is 0 Å². The van der Waals surface area contributed by atoms with Crippen LogP contribution in [0.3, 0.4) is 0 Å². The Hall–Kier alpha value is -1.58. The van der Waals surface area contributed by atoms with Crippen molar-refractivity contribution in [3.8, 4) is 0 Å². The van der Waals surface area contributed by atoms with Gasteiger partial charge in [0.25, 0.3) is 5.79 Å². The predicted molar refractivity (Wildman–Crippen MR) is 97.4 cm³/mol. The number of hydrogen-bond acceptors (Lipinski definition) is 4. The summed E-state index contributed by atoms with van der Waals surface area (Å²) in [5.74, 6) is -2.33. The molecule has 1 atom stereocenters. The van der Waals surface area contributed by atoms with Crippen LogP contribution >= 0.6 is 0 Å². The molecule has 0 fully saturated rings. The lowest BCUT2D eigenvalue weighted by molar-refractivity contribution is -0.248. The molecule has 0 aliphatic carbocycles. The first-order chi connectivity index (χ1) is 11.2. The van der Waals surface area contributed by atoms with Gasteiger partial charge in [-0.15, -0.1) is 0 Å². The molecule has 0 spiro atoms. The SMILES string of the molecule is C=C(C)C(=O)OC(CCCC)(OC(=O)C(=C)C)C(CC)CCCC. The Morgan fingerprint density at radius 3 is 1.71 bits per heavy atom. The average molecular weight is 338 g/mol. The van der Waals surface area contributed by atoms with E-state index in [-0.39, 0.29) is 5.92 Å². The summed E-state index contributed by atoms with van der Waals surface area (Å²) in [5, 5.41) is 0. The molecule has 0 N–H and O–H groups in total. The summed E-state index contributed by atoms with van der Waals surface area (Å²) in [6, 6.07) is 0. The van der Waals surface area contributed by atoms with Gasteiger partial charge in [0, 0.05) is 23.5 Å². The van der Waals surface area contributed by atoms with Crippen LogP contribution in [0.2, 0.25) is 0 Å². The van der Waals surface area contributed by atoms with Crippen LogP contribution in [0.1, 0.15) is 79.6 Å². The van der Waals surface area contributed by atoms with Gasteiger partial charge in [-0.25, -0.2) is 9.59 Å². The van der Waals surface area contributed by atoms with Gasteiger partial charge in [0.05, 0.1) is 0 Å². The Morgan fingerprint density at radius 2 is 1.38 bits per heavy atom. The molecule has 0 saturated heterocycles. The Kier molecular flexibility index (Phi) is 10.3. The molecule has 0 radical (unpaired) electrons. The molecule has 0 rings (SSSR count). The van der Waals surface area contributed by atoms with Crippen LogP contribution in [0.5, 0.6) is 0 Å². The number of carbonyl (C=O) groups is 2. The minimum Gasteiger partial charge on any atom is -0.419 e. The number of ether oxygens (including phenoxy) is 2. The summed E-state index contributed by atoms with van der Waals surface area (Å²) in [6.45, 7) is 16.7. The van der Waals surface area contributed by atoms with Crippen molar-refractivity contribution < 1.29 is 19.1 Å². The quantitative estimate of drug-likeness (QED) is 0.274. The molecule has 0 bridgehead atoms. The maximum absolute atomic E-state index is 12.2. The highest BCUT2D eigenvalue weighted by Crippen LogP contribution is 2.37. The van der Waals surface area contributed by atoms with Crippen molar-refractivity contribution in [3.63, 3.8) is 0 Å². The van der Waals surface area contributed by atoms with Gasteiger partial charge in [0.15, 0.2) is 0 Å². The van der Waals surface area contributed by atoms with Gasteiger partial charge >= 0.3 is 11.9 Å². The van der Waals surface area contributed by atoms with Gasteiger partial charge in [-0.05, 0) is 33.1 Å². The van der Waals surface area contributed by atoms with Crippen molar-refractivity contribution in [2.45, 2.75) is 85.4 Å². The first-order valence-corrected chi connectivity index (χ1v) is 9.01. The molecule has 0 aromatic carbocycles. The average Bonchev–Trinajstić information content (AvgIpc) is 2.53. The largest absolute Gasteiger partial charge is 0.419 e. The molecule has 1 unspecified atom stereocenters. The van der Waals surface area contributed by atoms with Crippen LogP contribution < -0.4 is 0 Å². The number of unbranched alkanes of at least 4 members (excludes halogenated alkanes) is 2. The van der Waals surface area contributed by atoms with Crippen LogP contribution in [0.25, 0.3) is 0 Å². The molecule has 0 aromatic rings. The minimum absolute atomic E-state index is 0.0457. The van der Waals surface area contributed by atoms with Crippen LogP contribution in [0.15, 0.2) is 24.3 Å². The highest BCUT2D eigenvalue weighted by Gasteiger charge is 2.45. The third kappa shape index (κ3) is 6.90. The summed E-state index contributed by atoms with van der Waals surface area (Å²) in [5.41, 5.74) is 0.597. The van der Waals surface area contributed by atoms with E-state index in [0.29, 0.717) is 17.6 Å². The van der Waals surface area contributed by atoms with E-state index >= 15 is 0 Å². The third-order valence-electron chi connectivity index (χ3n) is 4.13. The molecule has 0 saturated carbocycles. The van der Waals surface area contributed by atoms with Crippen molar-refractivity contribution in [2.75, 3.05) is 0 Å². The zero-order chi connectivity index (χ0) is 18.8. The van der Waals surface area contributed by atoms with Gasteiger partial charge in [-0.1, -0.05) is 53.2 Å². The van der Waals surface area contributed by atoms with E-state index < -0.39 is 17.7 Å². The Bertz CT molecular complexity index is 423. The van der Waals surface area contributed by atoms with Crippen molar-refractivity contribution in [2.24, 2.45) is 5.92 Å². The van der Waals surface area contributed by atoms with Crippen molar-refractivity contribution in [1.82, 2.24) is 0 Å². The normalized spacial score (nSPS) is 12.4. The fourth-order valence-electron chi connectivity index (χ4n) is 2.59. The second-order valence-electron chi connectivity index (χ2n) is 6.50. The molecule has 24 heavy (non-hydrogen) atoms. The second kappa shape index (κ2) is 11.1. The standard InChI is InChI=1S/C20H34O4/c1-8-11-13-17(10-3)20(14-12-9-2,23-18(21)15(4)5)24-19(22)16(6)7/h17H,4,6,8-14H2,1-3,5,7H3. The zero-order valence-electron chi connectivity index (χ0n) is 16.1. The zero-order valence-corrected chi connectivity index (χ0v) is 16.1. The Morgan fingerprint density at radius 1 is 0.917 bits per heavy atom. The van der Waals surface area contributed by atoms with E-state index in [1.807, 2.05) is 6.92 Å². The smallest absolute Gasteiger partial charge is 0.336 e. The number of esters is 2. The highest BCUT2D eigenvalue weighted by atomic mass is 16.7. The maximum atomic E-state index is 12.2. The van der Waals surface area contributed by atoms with Gasteiger partial charge in [-0.3, -0.25) is 0 Å². The summed E-state index contributed by atoms with van der Waals surface area (Å²) >= 11 is 0. The van der Waals surface area contributed by atoms with E-state index in [0.717, 1.165) is 38.5 Å². The molecule has 0 heterocycles. The van der Waals surface area contributed by atoms with Crippen molar-refractivity contribution >= 4 is 11.9 Å². The minimum atomic E-state index is -1.24. The Balaban J connectivity index is 5.77. The maximum Gasteiger partial charge on any atom is 0.336 e. The highest BCUT2D eigenvalue weighted by molar-refractivity contribution is 5.89. The van der Waals surface area contributed by atoms with Gasteiger partial charge in [0.2, 0.25) is 0 Å².